The molecule has 0 atom stereocenters. The number of ether oxygens (including phenoxy) is 1. The minimum atomic E-state index is -0.563. The van der Waals surface area contributed by atoms with Crippen molar-refractivity contribution in [2.75, 3.05) is 0 Å². The summed E-state index contributed by atoms with van der Waals surface area (Å²) in [6.07, 6.45) is 2.24. The molecule has 0 heterocycles. The highest BCUT2D eigenvalue weighted by Crippen LogP contribution is 2.12. The van der Waals surface area contributed by atoms with Gasteiger partial charge in [0.05, 0.1) is 11.8 Å². The maximum absolute atomic E-state index is 11.8. The number of esters is 1. The molecule has 0 N–H and O–H groups in total. The van der Waals surface area contributed by atoms with Gasteiger partial charge in [0.1, 0.15) is 0 Å². The van der Waals surface area contributed by atoms with Crippen molar-refractivity contribution in [1.29, 1.82) is 0 Å². The van der Waals surface area contributed by atoms with Crippen LogP contribution in [0.4, 0.5) is 0 Å². The second kappa shape index (κ2) is 7.07. The lowest BCUT2D eigenvalue weighted by Crippen LogP contribution is -2.01. The molecule has 0 fully saturated rings. The van der Waals surface area contributed by atoms with E-state index in [0.29, 0.717) is 21.2 Å². The van der Waals surface area contributed by atoms with Gasteiger partial charge < -0.3 is 4.74 Å². The summed E-state index contributed by atoms with van der Waals surface area (Å²) in [5.41, 5.74) is 0.807. The fourth-order valence-electron chi connectivity index (χ4n) is 1.52. The van der Waals surface area contributed by atoms with E-state index in [9.17, 15) is 9.59 Å². The fraction of sp³-hybridized carbons (Fsp3) is 0. The molecule has 0 saturated carbocycles. The molecule has 0 aliphatic carbocycles. The van der Waals surface area contributed by atoms with E-state index in [2.05, 4.69) is 0 Å². The largest absolute Gasteiger partial charge is 0.431 e. The molecule has 2 aromatic carbocycles. The van der Waals surface area contributed by atoms with Crippen LogP contribution in [0.2, 0.25) is 10.0 Å². The predicted molar refractivity (Wildman–Crippen MR) is 81.8 cm³/mol. The molecular formula is C16H10Cl2O3. The van der Waals surface area contributed by atoms with Crippen LogP contribution >= 0.6 is 23.2 Å². The average molecular weight is 321 g/mol. The Bertz CT molecular complexity index is 674. The lowest BCUT2D eigenvalue weighted by molar-refractivity contribution is 0.0662. The van der Waals surface area contributed by atoms with E-state index in [1.807, 2.05) is 0 Å². The van der Waals surface area contributed by atoms with E-state index >= 15 is 0 Å². The molecular weight excluding hydrogens is 311 g/mol. The Hall–Kier alpha value is -2.10. The van der Waals surface area contributed by atoms with Gasteiger partial charge in [-0.15, -0.1) is 0 Å². The summed E-state index contributed by atoms with van der Waals surface area (Å²) in [4.78, 5) is 23.5. The van der Waals surface area contributed by atoms with Gasteiger partial charge in [-0.05, 0) is 48.5 Å². The van der Waals surface area contributed by atoms with Crippen LogP contribution in [-0.4, -0.2) is 11.8 Å². The number of rotatable bonds is 4. The first-order chi connectivity index (χ1) is 10.1. The zero-order chi connectivity index (χ0) is 15.2. The second-order valence-corrected chi connectivity index (χ2v) is 4.96. The molecule has 3 nitrogen and oxygen atoms in total. The summed E-state index contributed by atoms with van der Waals surface area (Å²) >= 11 is 11.5. The van der Waals surface area contributed by atoms with Gasteiger partial charge in [-0.2, -0.15) is 0 Å². The number of carbonyl (C=O) groups is 2. The Balaban J connectivity index is 1.95. The van der Waals surface area contributed by atoms with Crippen LogP contribution < -0.4 is 0 Å². The van der Waals surface area contributed by atoms with E-state index in [-0.39, 0.29) is 5.78 Å². The van der Waals surface area contributed by atoms with E-state index in [1.54, 1.807) is 48.5 Å². The zero-order valence-electron chi connectivity index (χ0n) is 10.8. The molecule has 0 spiro atoms. The fourth-order valence-corrected chi connectivity index (χ4v) is 1.77. The highest BCUT2D eigenvalue weighted by atomic mass is 35.5. The molecule has 21 heavy (non-hydrogen) atoms. The maximum Gasteiger partial charge on any atom is 0.342 e. The molecule has 2 rings (SSSR count). The van der Waals surface area contributed by atoms with Crippen molar-refractivity contribution in [3.63, 3.8) is 0 Å². The predicted octanol–water partition coefficient (Wildman–Crippen LogP) is 4.55. The first-order valence-corrected chi connectivity index (χ1v) is 6.75. The lowest BCUT2D eigenvalue weighted by Gasteiger charge is -1.99. The summed E-state index contributed by atoms with van der Waals surface area (Å²) in [6.45, 7) is 0. The van der Waals surface area contributed by atoms with Crippen molar-refractivity contribution in [3.05, 3.63) is 82.0 Å². The summed E-state index contributed by atoms with van der Waals surface area (Å²) < 4.78 is 4.87. The topological polar surface area (TPSA) is 43.4 Å². The Morgan fingerprint density at radius 1 is 0.810 bits per heavy atom. The van der Waals surface area contributed by atoms with Crippen molar-refractivity contribution in [2.24, 2.45) is 0 Å². The van der Waals surface area contributed by atoms with Crippen molar-refractivity contribution in [2.45, 2.75) is 0 Å². The van der Waals surface area contributed by atoms with Gasteiger partial charge in [0, 0.05) is 21.7 Å². The van der Waals surface area contributed by atoms with Crippen LogP contribution in [0.1, 0.15) is 20.7 Å². The third kappa shape index (κ3) is 4.45. The summed E-state index contributed by atoms with van der Waals surface area (Å²) in [5, 5.41) is 1.07. The number of carbonyl (C=O) groups excluding carboxylic acids is 2. The Morgan fingerprint density at radius 2 is 1.29 bits per heavy atom. The van der Waals surface area contributed by atoms with Crippen LogP contribution in [0.3, 0.4) is 0 Å². The van der Waals surface area contributed by atoms with Crippen LogP contribution in [0.15, 0.2) is 60.9 Å². The Labute approximate surface area is 131 Å². The van der Waals surface area contributed by atoms with Gasteiger partial charge >= 0.3 is 5.97 Å². The first kappa shape index (κ1) is 15.3. The monoisotopic (exact) mass is 320 g/mol. The molecule has 0 unspecified atom stereocenters. The highest BCUT2D eigenvalue weighted by molar-refractivity contribution is 6.31. The third-order valence-electron chi connectivity index (χ3n) is 2.60. The van der Waals surface area contributed by atoms with Crippen LogP contribution in [0.5, 0.6) is 0 Å². The van der Waals surface area contributed by atoms with Crippen molar-refractivity contribution in [1.82, 2.24) is 0 Å². The number of allylic oxidation sites excluding steroid dienone is 1. The molecule has 106 valence electrons. The first-order valence-electron chi connectivity index (χ1n) is 5.99. The quantitative estimate of drug-likeness (QED) is 0.359. The molecule has 0 amide bonds. The van der Waals surface area contributed by atoms with Gasteiger partial charge in [0.15, 0.2) is 5.78 Å². The summed E-state index contributed by atoms with van der Waals surface area (Å²) in [5.74, 6) is -0.845. The van der Waals surface area contributed by atoms with Crippen LogP contribution in [-0.2, 0) is 4.74 Å². The van der Waals surface area contributed by atoms with E-state index in [1.165, 1.54) is 6.08 Å². The Kier molecular flexibility index (Phi) is 5.14. The van der Waals surface area contributed by atoms with Crippen molar-refractivity contribution < 1.29 is 14.3 Å². The molecule has 0 radical (unpaired) electrons. The summed E-state index contributed by atoms with van der Waals surface area (Å²) in [7, 11) is 0. The molecule has 0 aliphatic heterocycles. The molecule has 0 saturated heterocycles. The van der Waals surface area contributed by atoms with Crippen molar-refractivity contribution in [3.8, 4) is 0 Å². The minimum Gasteiger partial charge on any atom is -0.431 e. The number of ketones is 1. The van der Waals surface area contributed by atoms with Gasteiger partial charge in [-0.3, -0.25) is 4.79 Å². The SMILES string of the molecule is O=C(C=COC(=O)c1ccc(Cl)cc1)c1ccc(Cl)cc1. The number of hydrogen-bond donors (Lipinski definition) is 0. The minimum absolute atomic E-state index is 0.282. The number of halogens is 2. The molecule has 0 bridgehead atoms. The van der Waals surface area contributed by atoms with E-state index < -0.39 is 5.97 Å². The van der Waals surface area contributed by atoms with Crippen molar-refractivity contribution >= 4 is 35.0 Å². The zero-order valence-corrected chi connectivity index (χ0v) is 12.3. The number of benzene rings is 2. The van der Waals surface area contributed by atoms with Crippen LogP contribution in [0, 0.1) is 0 Å². The normalized spacial score (nSPS) is 10.6. The third-order valence-corrected chi connectivity index (χ3v) is 3.11. The molecule has 0 aliphatic rings. The summed E-state index contributed by atoms with van der Waals surface area (Å²) in [6, 6.07) is 12.7. The average Bonchev–Trinajstić information content (AvgIpc) is 2.48. The molecule has 2 aromatic rings. The van der Waals surface area contributed by atoms with Gasteiger partial charge in [-0.1, -0.05) is 23.2 Å². The standard InChI is InChI=1S/C16H10Cl2O3/c17-13-5-1-11(2-6-13)15(19)9-10-21-16(20)12-3-7-14(18)8-4-12/h1-10H. The highest BCUT2D eigenvalue weighted by Gasteiger charge is 2.06. The maximum atomic E-state index is 11.8. The lowest BCUT2D eigenvalue weighted by atomic mass is 10.1. The second-order valence-electron chi connectivity index (χ2n) is 4.09. The van der Waals surface area contributed by atoms with Gasteiger partial charge in [0.2, 0.25) is 0 Å². The van der Waals surface area contributed by atoms with E-state index in [4.69, 9.17) is 27.9 Å². The van der Waals surface area contributed by atoms with Gasteiger partial charge in [-0.25, -0.2) is 4.79 Å². The smallest absolute Gasteiger partial charge is 0.342 e. The molecule has 5 heteroatoms. The van der Waals surface area contributed by atoms with Gasteiger partial charge in [0.25, 0.3) is 0 Å². The van der Waals surface area contributed by atoms with Crippen LogP contribution in [0.25, 0.3) is 0 Å². The Morgan fingerprint density at radius 3 is 1.81 bits per heavy atom. The van der Waals surface area contributed by atoms with E-state index in [0.717, 1.165) is 6.26 Å². The number of hydrogen-bond acceptors (Lipinski definition) is 3. The molecule has 0 aromatic heterocycles.